The number of fused-ring (bicyclic) bond motifs is 1. The highest BCUT2D eigenvalue weighted by Gasteiger charge is 2.39. The van der Waals surface area contributed by atoms with Gasteiger partial charge in [-0.05, 0) is 56.4 Å². The summed E-state index contributed by atoms with van der Waals surface area (Å²) < 4.78 is 38.2. The lowest BCUT2D eigenvalue weighted by Gasteiger charge is -2.37. The zero-order chi connectivity index (χ0) is 26.2. The smallest absolute Gasteiger partial charge is 0.288 e. The topological polar surface area (TPSA) is 116 Å². The number of methoxy groups -OCH3 is 1. The Bertz CT molecular complexity index is 1540. The van der Waals surface area contributed by atoms with E-state index in [2.05, 4.69) is 15.6 Å². The highest BCUT2D eigenvalue weighted by Crippen LogP contribution is 2.38. The number of ether oxygens (including phenoxy) is 1. The molecule has 0 bridgehead atoms. The monoisotopic (exact) mass is 520 g/mol. The van der Waals surface area contributed by atoms with E-state index in [9.17, 15) is 13.2 Å². The molecule has 0 aliphatic heterocycles. The number of para-hydroxylation sites is 1. The van der Waals surface area contributed by atoms with Gasteiger partial charge in [-0.2, -0.15) is 17.6 Å². The molecule has 0 spiro atoms. The molecule has 192 valence electrons. The quantitative estimate of drug-likeness (QED) is 0.396. The first-order valence-corrected chi connectivity index (χ1v) is 13.4. The summed E-state index contributed by atoms with van der Waals surface area (Å²) in [7, 11) is -2.42. The zero-order valence-corrected chi connectivity index (χ0v) is 21.7. The van der Waals surface area contributed by atoms with Crippen molar-refractivity contribution >= 4 is 15.9 Å². The molecule has 1 aliphatic carbocycles. The van der Waals surface area contributed by atoms with Crippen LogP contribution in [0.5, 0.6) is 5.75 Å². The number of nitrogens with one attached hydrogen (secondary N) is 1. The second-order valence-corrected chi connectivity index (χ2v) is 11.1. The van der Waals surface area contributed by atoms with E-state index < -0.39 is 15.4 Å². The second-order valence-electron chi connectivity index (χ2n) is 9.34. The van der Waals surface area contributed by atoms with Gasteiger partial charge < -0.3 is 14.6 Å². The Morgan fingerprint density at radius 1 is 1.14 bits per heavy atom. The molecule has 5 rings (SSSR count). The van der Waals surface area contributed by atoms with Crippen molar-refractivity contribution in [2.24, 2.45) is 0 Å². The van der Waals surface area contributed by atoms with Gasteiger partial charge >= 0.3 is 0 Å². The molecule has 0 fully saturated rings. The van der Waals surface area contributed by atoms with E-state index >= 15 is 0 Å². The van der Waals surface area contributed by atoms with Gasteiger partial charge in [-0.1, -0.05) is 47.6 Å². The summed E-state index contributed by atoms with van der Waals surface area (Å²) in [6.07, 6.45) is 3.36. The number of hydrogen-bond acceptors (Lipinski definition) is 7. The standard InChI is InChI=1S/C27H28N4O5S/c1-18-25(19(2)36-30-18)37(33,34)31-16-20-15-27(14-13-23(20)29-31,21-9-5-4-6-10-21)17-28-26(32)22-11-7-8-12-24(22)35-3/h4-12,16H,13-15,17H2,1-3H3,(H,28,32). The molecule has 0 radical (unpaired) electrons. The third-order valence-electron chi connectivity index (χ3n) is 7.02. The molecule has 1 atom stereocenters. The van der Waals surface area contributed by atoms with Crippen LogP contribution in [0.3, 0.4) is 0 Å². The molecule has 0 saturated carbocycles. The Balaban J connectivity index is 1.47. The number of carbonyl (C=O) groups is 1. The lowest BCUT2D eigenvalue weighted by Crippen LogP contribution is -2.44. The van der Waals surface area contributed by atoms with E-state index in [1.54, 1.807) is 38.2 Å². The minimum absolute atomic E-state index is 0.0331. The minimum atomic E-state index is -3.96. The van der Waals surface area contributed by atoms with E-state index in [1.165, 1.54) is 7.11 Å². The number of rotatable bonds is 7. The number of aryl methyl sites for hydroxylation is 3. The van der Waals surface area contributed by atoms with Crippen LogP contribution in [0, 0.1) is 13.8 Å². The molecule has 1 N–H and O–H groups in total. The average molecular weight is 521 g/mol. The molecule has 10 heteroatoms. The Kier molecular flexibility index (Phi) is 6.36. The number of carbonyl (C=O) groups excluding carboxylic acids is 1. The van der Waals surface area contributed by atoms with Gasteiger partial charge in [0.1, 0.15) is 11.4 Å². The normalized spacial score (nSPS) is 17.3. The summed E-state index contributed by atoms with van der Waals surface area (Å²) in [5.41, 5.74) is 2.95. The summed E-state index contributed by atoms with van der Waals surface area (Å²) in [5.74, 6) is 0.504. The van der Waals surface area contributed by atoms with Crippen molar-refractivity contribution < 1.29 is 22.5 Å². The van der Waals surface area contributed by atoms with Gasteiger partial charge in [0.2, 0.25) is 0 Å². The zero-order valence-electron chi connectivity index (χ0n) is 20.9. The molecule has 1 unspecified atom stereocenters. The number of amides is 1. The van der Waals surface area contributed by atoms with Crippen LogP contribution in [-0.2, 0) is 28.3 Å². The SMILES string of the molecule is COc1ccccc1C(=O)NCC1(c2ccccc2)CCc2nn(S(=O)(=O)c3c(C)noc3C)cc2C1. The highest BCUT2D eigenvalue weighted by molar-refractivity contribution is 7.90. The van der Waals surface area contributed by atoms with Crippen LogP contribution in [0.15, 0.2) is 70.2 Å². The highest BCUT2D eigenvalue weighted by atomic mass is 32.2. The fourth-order valence-corrected chi connectivity index (χ4v) is 6.59. The van der Waals surface area contributed by atoms with Crippen molar-refractivity contribution in [2.75, 3.05) is 13.7 Å². The molecule has 1 aliphatic rings. The van der Waals surface area contributed by atoms with Crippen molar-refractivity contribution in [3.8, 4) is 5.75 Å². The summed E-state index contributed by atoms with van der Waals surface area (Å²) in [6, 6.07) is 17.1. The van der Waals surface area contributed by atoms with Crippen LogP contribution < -0.4 is 10.1 Å². The lowest BCUT2D eigenvalue weighted by molar-refractivity contribution is 0.0937. The first-order valence-electron chi connectivity index (χ1n) is 12.0. The van der Waals surface area contributed by atoms with Gasteiger partial charge in [-0.3, -0.25) is 4.79 Å². The van der Waals surface area contributed by atoms with E-state index in [0.29, 0.717) is 42.8 Å². The first-order chi connectivity index (χ1) is 17.7. The van der Waals surface area contributed by atoms with Gasteiger partial charge in [-0.25, -0.2) is 0 Å². The summed E-state index contributed by atoms with van der Waals surface area (Å²) in [5, 5.41) is 11.3. The summed E-state index contributed by atoms with van der Waals surface area (Å²) in [4.78, 5) is 13.1. The Labute approximate surface area is 215 Å². The molecule has 1 amide bonds. The number of hydrogen-bond donors (Lipinski definition) is 1. The van der Waals surface area contributed by atoms with Gasteiger partial charge in [0.15, 0.2) is 10.7 Å². The van der Waals surface area contributed by atoms with Gasteiger partial charge in [0.25, 0.3) is 15.9 Å². The van der Waals surface area contributed by atoms with E-state index in [0.717, 1.165) is 20.9 Å². The molecule has 37 heavy (non-hydrogen) atoms. The lowest BCUT2D eigenvalue weighted by atomic mass is 9.69. The number of aromatic nitrogens is 3. The van der Waals surface area contributed by atoms with Crippen molar-refractivity contribution in [3.05, 3.63) is 94.6 Å². The van der Waals surface area contributed by atoms with E-state index in [-0.39, 0.29) is 16.6 Å². The largest absolute Gasteiger partial charge is 0.496 e. The fourth-order valence-electron chi connectivity index (χ4n) is 5.12. The molecule has 2 aromatic heterocycles. The predicted octanol–water partition coefficient (Wildman–Crippen LogP) is 3.59. The molecular weight excluding hydrogens is 492 g/mol. The minimum Gasteiger partial charge on any atom is -0.496 e. The maximum atomic E-state index is 13.3. The molecule has 4 aromatic rings. The van der Waals surface area contributed by atoms with E-state index in [4.69, 9.17) is 9.26 Å². The molecule has 9 nitrogen and oxygen atoms in total. The van der Waals surface area contributed by atoms with Gasteiger partial charge in [0, 0.05) is 18.2 Å². The number of nitrogens with zero attached hydrogens (tertiary/aromatic N) is 3. The van der Waals surface area contributed by atoms with Gasteiger partial charge in [-0.15, -0.1) is 0 Å². The van der Waals surface area contributed by atoms with Crippen molar-refractivity contribution in [3.63, 3.8) is 0 Å². The van der Waals surface area contributed by atoms with Crippen molar-refractivity contribution in [1.82, 2.24) is 19.7 Å². The third-order valence-corrected chi connectivity index (χ3v) is 8.80. The fraction of sp³-hybridized carbons (Fsp3) is 0.296. The van der Waals surface area contributed by atoms with Crippen LogP contribution in [0.4, 0.5) is 0 Å². The molecular formula is C27H28N4O5S. The van der Waals surface area contributed by atoms with Crippen molar-refractivity contribution in [1.29, 1.82) is 0 Å². The van der Waals surface area contributed by atoms with Crippen LogP contribution >= 0.6 is 0 Å². The van der Waals surface area contributed by atoms with E-state index in [1.807, 2.05) is 36.4 Å². The summed E-state index contributed by atoms with van der Waals surface area (Å²) in [6.45, 7) is 3.54. The maximum absolute atomic E-state index is 13.3. The number of benzene rings is 2. The van der Waals surface area contributed by atoms with Crippen LogP contribution in [0.25, 0.3) is 0 Å². The average Bonchev–Trinajstić information content (AvgIpc) is 3.50. The predicted molar refractivity (Wildman–Crippen MR) is 136 cm³/mol. The third kappa shape index (κ3) is 4.42. The van der Waals surface area contributed by atoms with Gasteiger partial charge in [0.05, 0.1) is 18.4 Å². The first kappa shape index (κ1) is 24.8. The Morgan fingerprint density at radius 3 is 2.57 bits per heavy atom. The van der Waals surface area contributed by atoms with Crippen LogP contribution in [-0.4, -0.2) is 42.3 Å². The molecule has 2 aromatic carbocycles. The Morgan fingerprint density at radius 2 is 1.86 bits per heavy atom. The molecule has 2 heterocycles. The second kappa shape index (κ2) is 9.51. The van der Waals surface area contributed by atoms with Crippen LogP contribution in [0.2, 0.25) is 0 Å². The Hall–Kier alpha value is -3.92. The summed E-state index contributed by atoms with van der Waals surface area (Å²) >= 11 is 0. The maximum Gasteiger partial charge on any atom is 0.288 e. The van der Waals surface area contributed by atoms with Crippen molar-refractivity contribution in [2.45, 2.75) is 43.4 Å². The molecule has 0 saturated heterocycles. The van der Waals surface area contributed by atoms with Crippen LogP contribution in [0.1, 0.15) is 45.1 Å².